The molecule has 1 saturated heterocycles. The van der Waals surface area contributed by atoms with Gasteiger partial charge in [-0.3, -0.25) is 14.6 Å². The van der Waals surface area contributed by atoms with Crippen molar-refractivity contribution in [3.05, 3.63) is 11.3 Å². The molecule has 1 unspecified atom stereocenters. The van der Waals surface area contributed by atoms with Gasteiger partial charge in [-0.1, -0.05) is 6.92 Å². The fourth-order valence-electron chi connectivity index (χ4n) is 2.54. The smallest absolute Gasteiger partial charge is 0.233 e. The van der Waals surface area contributed by atoms with E-state index in [2.05, 4.69) is 10.3 Å². The Balaban J connectivity index is 0.000000276. The molecule has 2 heterocycles. The summed E-state index contributed by atoms with van der Waals surface area (Å²) in [7, 11) is 0. The van der Waals surface area contributed by atoms with Crippen molar-refractivity contribution in [3.63, 3.8) is 0 Å². The molecule has 0 aromatic carbocycles. The number of hydrogen-bond donors (Lipinski definition) is 2. The van der Waals surface area contributed by atoms with Crippen molar-refractivity contribution < 1.29 is 14.3 Å². The number of nitrogens with one attached hydrogen (secondary N) is 1. The Hall–Kier alpha value is -1.53. The number of aldehydes is 1. The summed E-state index contributed by atoms with van der Waals surface area (Å²) >= 11 is 0. The van der Waals surface area contributed by atoms with Crippen LogP contribution in [0.4, 0.5) is 0 Å². The molecule has 2 aliphatic rings. The topological polar surface area (TPSA) is 93.8 Å². The lowest BCUT2D eigenvalue weighted by atomic mass is 9.75. The lowest BCUT2D eigenvalue weighted by Crippen LogP contribution is -2.41. The number of morpholine rings is 1. The van der Waals surface area contributed by atoms with E-state index in [1.807, 2.05) is 6.92 Å². The van der Waals surface area contributed by atoms with Crippen LogP contribution in [0.5, 0.6) is 0 Å². The first-order valence-corrected chi connectivity index (χ1v) is 6.81. The summed E-state index contributed by atoms with van der Waals surface area (Å²) in [6.45, 7) is 9.16. The average molecular weight is 281 g/mol. The maximum absolute atomic E-state index is 11.4. The summed E-state index contributed by atoms with van der Waals surface area (Å²) in [5.74, 6) is -0.435. The van der Waals surface area contributed by atoms with Crippen molar-refractivity contribution in [2.75, 3.05) is 26.3 Å². The SMILES string of the molecule is C1COCCN1.CCC1(C(N)=O)C(C)=NC(C=O)=C1C. The van der Waals surface area contributed by atoms with E-state index in [4.69, 9.17) is 10.5 Å². The molecule has 6 heteroatoms. The Bertz CT molecular complexity index is 427. The van der Waals surface area contributed by atoms with E-state index in [9.17, 15) is 9.59 Å². The number of allylic oxidation sites excluding steroid dienone is 1. The molecule has 0 aromatic heterocycles. The number of carbonyl (C=O) groups excluding carboxylic acids is 2. The molecule has 1 amide bonds. The second-order valence-corrected chi connectivity index (χ2v) is 4.81. The van der Waals surface area contributed by atoms with Crippen molar-refractivity contribution >= 4 is 17.9 Å². The first-order valence-electron chi connectivity index (χ1n) is 6.81. The minimum atomic E-state index is -0.837. The van der Waals surface area contributed by atoms with Gasteiger partial charge in [-0.05, 0) is 25.8 Å². The van der Waals surface area contributed by atoms with Crippen LogP contribution >= 0.6 is 0 Å². The maximum atomic E-state index is 11.4. The second-order valence-electron chi connectivity index (χ2n) is 4.81. The van der Waals surface area contributed by atoms with Gasteiger partial charge in [-0.2, -0.15) is 0 Å². The third-order valence-corrected chi connectivity index (χ3v) is 3.84. The molecule has 6 nitrogen and oxygen atoms in total. The fourth-order valence-corrected chi connectivity index (χ4v) is 2.54. The van der Waals surface area contributed by atoms with E-state index in [1.54, 1.807) is 13.8 Å². The van der Waals surface area contributed by atoms with Crippen molar-refractivity contribution in [1.29, 1.82) is 0 Å². The largest absolute Gasteiger partial charge is 0.379 e. The number of ether oxygens (including phenoxy) is 1. The van der Waals surface area contributed by atoms with Gasteiger partial charge in [0, 0.05) is 18.8 Å². The van der Waals surface area contributed by atoms with Crippen LogP contribution in [0.3, 0.4) is 0 Å². The predicted octanol–water partition coefficient (Wildman–Crippen LogP) is 0.422. The Morgan fingerprint density at radius 1 is 1.45 bits per heavy atom. The van der Waals surface area contributed by atoms with Crippen molar-refractivity contribution in [2.24, 2.45) is 16.1 Å². The minimum Gasteiger partial charge on any atom is -0.379 e. The molecule has 0 spiro atoms. The highest BCUT2D eigenvalue weighted by Gasteiger charge is 2.44. The molecule has 2 aliphatic heterocycles. The molecule has 0 saturated carbocycles. The van der Waals surface area contributed by atoms with Gasteiger partial charge in [0.15, 0.2) is 6.29 Å². The molecule has 2 rings (SSSR count). The Kier molecular flexibility index (Phi) is 6.04. The van der Waals surface area contributed by atoms with Gasteiger partial charge in [-0.15, -0.1) is 0 Å². The monoisotopic (exact) mass is 281 g/mol. The van der Waals surface area contributed by atoms with Crippen LogP contribution in [-0.2, 0) is 14.3 Å². The van der Waals surface area contributed by atoms with E-state index in [-0.39, 0.29) is 0 Å². The van der Waals surface area contributed by atoms with Crippen LogP contribution in [-0.4, -0.2) is 44.2 Å². The molecular formula is C14H23N3O3. The molecule has 0 aromatic rings. The highest BCUT2D eigenvalue weighted by Crippen LogP contribution is 2.39. The quantitative estimate of drug-likeness (QED) is 0.733. The fraction of sp³-hybridized carbons (Fsp3) is 0.643. The van der Waals surface area contributed by atoms with E-state index in [0.29, 0.717) is 29.7 Å². The number of nitrogens with zero attached hydrogens (tertiary/aromatic N) is 1. The minimum absolute atomic E-state index is 0.336. The van der Waals surface area contributed by atoms with Gasteiger partial charge in [0.25, 0.3) is 0 Å². The molecule has 20 heavy (non-hydrogen) atoms. The molecule has 112 valence electrons. The van der Waals surface area contributed by atoms with Crippen molar-refractivity contribution in [3.8, 4) is 0 Å². The molecule has 1 fully saturated rings. The highest BCUT2D eigenvalue weighted by molar-refractivity contribution is 6.14. The second kappa shape index (κ2) is 7.31. The van der Waals surface area contributed by atoms with E-state index in [1.165, 1.54) is 0 Å². The number of nitrogens with two attached hydrogens (primary N) is 1. The molecule has 0 aliphatic carbocycles. The molecule has 1 atom stereocenters. The van der Waals surface area contributed by atoms with Crippen molar-refractivity contribution in [2.45, 2.75) is 27.2 Å². The highest BCUT2D eigenvalue weighted by atomic mass is 16.5. The predicted molar refractivity (Wildman–Crippen MR) is 77.5 cm³/mol. The summed E-state index contributed by atoms with van der Waals surface area (Å²) < 4.78 is 5.01. The van der Waals surface area contributed by atoms with Gasteiger partial charge in [0.2, 0.25) is 5.91 Å². The van der Waals surface area contributed by atoms with Gasteiger partial charge in [0.05, 0.1) is 13.2 Å². The number of hydrogen-bond acceptors (Lipinski definition) is 5. The average Bonchev–Trinajstić information content (AvgIpc) is 2.73. The standard InChI is InChI=1S/C10H14N2O2.C4H9NO/c1-4-10(9(11)14)6(2)8(5-13)12-7(10)3;1-3-6-4-2-5-1/h5H,4H2,1-3H3,(H2,11,14);5H,1-4H2. The van der Waals surface area contributed by atoms with Crippen LogP contribution in [0.25, 0.3) is 0 Å². The zero-order chi connectivity index (χ0) is 15.2. The zero-order valence-corrected chi connectivity index (χ0v) is 12.4. The number of rotatable bonds is 3. The summed E-state index contributed by atoms with van der Waals surface area (Å²) in [6, 6.07) is 0. The van der Waals surface area contributed by atoms with Crippen LogP contribution in [0.1, 0.15) is 27.2 Å². The Labute approximate surface area is 119 Å². The lowest BCUT2D eigenvalue weighted by molar-refractivity contribution is -0.122. The molecular weight excluding hydrogens is 258 g/mol. The van der Waals surface area contributed by atoms with Gasteiger partial charge >= 0.3 is 0 Å². The van der Waals surface area contributed by atoms with E-state index >= 15 is 0 Å². The van der Waals surface area contributed by atoms with E-state index < -0.39 is 11.3 Å². The van der Waals surface area contributed by atoms with Crippen molar-refractivity contribution in [1.82, 2.24) is 5.32 Å². The zero-order valence-electron chi connectivity index (χ0n) is 12.4. The number of primary amides is 1. The number of carbonyl (C=O) groups is 2. The van der Waals surface area contributed by atoms with Crippen LogP contribution in [0.15, 0.2) is 16.3 Å². The summed E-state index contributed by atoms with van der Waals surface area (Å²) in [6.07, 6.45) is 1.21. The summed E-state index contributed by atoms with van der Waals surface area (Å²) in [5.41, 5.74) is 6.15. The first kappa shape index (κ1) is 16.5. The summed E-state index contributed by atoms with van der Waals surface area (Å²) in [4.78, 5) is 26.2. The normalized spacial score (nSPS) is 25.6. The number of aliphatic imine (C=N–C) groups is 1. The van der Waals surface area contributed by atoms with Crippen LogP contribution in [0, 0.1) is 5.41 Å². The van der Waals surface area contributed by atoms with Crippen LogP contribution in [0.2, 0.25) is 0 Å². The van der Waals surface area contributed by atoms with Gasteiger partial charge in [0.1, 0.15) is 11.1 Å². The molecule has 3 N–H and O–H groups in total. The van der Waals surface area contributed by atoms with Gasteiger partial charge in [-0.25, -0.2) is 0 Å². The summed E-state index contributed by atoms with van der Waals surface area (Å²) in [5, 5.41) is 3.16. The third-order valence-electron chi connectivity index (χ3n) is 3.84. The first-order chi connectivity index (χ1) is 9.50. The Morgan fingerprint density at radius 2 is 2.05 bits per heavy atom. The number of amides is 1. The third kappa shape index (κ3) is 3.13. The van der Waals surface area contributed by atoms with Crippen LogP contribution < -0.4 is 11.1 Å². The van der Waals surface area contributed by atoms with E-state index in [0.717, 1.165) is 26.3 Å². The maximum Gasteiger partial charge on any atom is 0.233 e. The van der Waals surface area contributed by atoms with Gasteiger partial charge < -0.3 is 15.8 Å². The molecule has 0 bridgehead atoms. The lowest BCUT2D eigenvalue weighted by Gasteiger charge is -2.26. The Morgan fingerprint density at radius 3 is 2.25 bits per heavy atom. The molecule has 0 radical (unpaired) electrons.